The van der Waals surface area contributed by atoms with Crippen molar-refractivity contribution in [3.05, 3.63) is 18.0 Å². The first-order valence-corrected chi connectivity index (χ1v) is 6.43. The van der Waals surface area contributed by atoms with Crippen LogP contribution in [0.1, 0.15) is 32.4 Å². The van der Waals surface area contributed by atoms with Gasteiger partial charge in [0.1, 0.15) is 6.54 Å². The zero-order valence-corrected chi connectivity index (χ0v) is 11.7. The lowest BCUT2D eigenvalue weighted by Crippen LogP contribution is -2.41. The van der Waals surface area contributed by atoms with Crippen molar-refractivity contribution in [1.82, 2.24) is 14.7 Å². The molecule has 0 aliphatic heterocycles. The van der Waals surface area contributed by atoms with E-state index < -0.39 is 5.97 Å². The van der Waals surface area contributed by atoms with Crippen LogP contribution in [0, 0.1) is 0 Å². The Morgan fingerprint density at radius 3 is 2.68 bits per heavy atom. The molecule has 0 spiro atoms. The maximum atomic E-state index is 12.1. The molecule has 0 radical (unpaired) electrons. The molecule has 0 saturated carbocycles. The van der Waals surface area contributed by atoms with Crippen molar-refractivity contribution >= 4 is 11.9 Å². The van der Waals surface area contributed by atoms with E-state index in [0.29, 0.717) is 12.8 Å². The van der Waals surface area contributed by atoms with Crippen LogP contribution >= 0.6 is 0 Å². The molecule has 0 aliphatic carbocycles. The van der Waals surface area contributed by atoms with Gasteiger partial charge in [0.2, 0.25) is 5.91 Å². The first-order chi connectivity index (χ1) is 8.95. The van der Waals surface area contributed by atoms with E-state index in [9.17, 15) is 9.59 Å². The van der Waals surface area contributed by atoms with Gasteiger partial charge in [0.05, 0.1) is 0 Å². The van der Waals surface area contributed by atoms with Crippen molar-refractivity contribution in [3.8, 4) is 0 Å². The second kappa shape index (κ2) is 6.92. The summed E-state index contributed by atoms with van der Waals surface area (Å²) in [7, 11) is 1.82. The third-order valence-corrected chi connectivity index (χ3v) is 3.27. The smallest absolute Gasteiger partial charge is 0.323 e. The van der Waals surface area contributed by atoms with Crippen LogP contribution < -0.4 is 0 Å². The van der Waals surface area contributed by atoms with Crippen LogP contribution in [0.4, 0.5) is 0 Å². The van der Waals surface area contributed by atoms with Gasteiger partial charge in [0.15, 0.2) is 0 Å². The number of aliphatic carboxylic acids is 1. The van der Waals surface area contributed by atoms with Gasteiger partial charge in [-0.15, -0.1) is 0 Å². The van der Waals surface area contributed by atoms with Crippen LogP contribution in [-0.4, -0.2) is 44.3 Å². The summed E-state index contributed by atoms with van der Waals surface area (Å²) in [6, 6.07) is 1.80. The number of amides is 1. The van der Waals surface area contributed by atoms with E-state index >= 15 is 0 Å². The predicted molar refractivity (Wildman–Crippen MR) is 70.6 cm³/mol. The van der Waals surface area contributed by atoms with Crippen LogP contribution in [0.25, 0.3) is 0 Å². The van der Waals surface area contributed by atoms with E-state index in [2.05, 4.69) is 5.10 Å². The summed E-state index contributed by atoms with van der Waals surface area (Å²) in [5.41, 5.74) is 0.966. The standard InChI is InChI=1S/C13H21N3O3/c1-4-10(2)16(9-13(18)19)12(17)6-5-11-7-8-14-15(11)3/h7-8,10H,4-6,9H2,1-3H3,(H,18,19). The molecule has 1 aromatic heterocycles. The molecule has 1 rings (SSSR count). The van der Waals surface area contributed by atoms with Gasteiger partial charge >= 0.3 is 5.97 Å². The molecule has 106 valence electrons. The van der Waals surface area contributed by atoms with Gasteiger partial charge in [-0.05, 0) is 25.8 Å². The number of rotatable bonds is 7. The predicted octanol–water partition coefficient (Wildman–Crippen LogP) is 1.06. The van der Waals surface area contributed by atoms with E-state index in [4.69, 9.17) is 5.11 Å². The lowest BCUT2D eigenvalue weighted by Gasteiger charge is -2.27. The summed E-state index contributed by atoms with van der Waals surface area (Å²) in [6.45, 7) is 3.57. The Labute approximate surface area is 113 Å². The van der Waals surface area contributed by atoms with Gasteiger partial charge in [0.25, 0.3) is 0 Å². The fourth-order valence-electron chi connectivity index (χ4n) is 1.88. The molecule has 1 N–H and O–H groups in total. The molecule has 19 heavy (non-hydrogen) atoms. The van der Waals surface area contributed by atoms with Crippen molar-refractivity contribution in [2.45, 2.75) is 39.2 Å². The highest BCUT2D eigenvalue weighted by molar-refractivity contribution is 5.81. The molecule has 1 unspecified atom stereocenters. The number of carbonyl (C=O) groups excluding carboxylic acids is 1. The highest BCUT2D eigenvalue weighted by Crippen LogP contribution is 2.09. The first kappa shape index (κ1) is 15.2. The highest BCUT2D eigenvalue weighted by Gasteiger charge is 2.21. The van der Waals surface area contributed by atoms with Crippen LogP contribution in [0.5, 0.6) is 0 Å². The molecule has 0 aromatic carbocycles. The van der Waals surface area contributed by atoms with Gasteiger partial charge in [-0.25, -0.2) is 0 Å². The summed E-state index contributed by atoms with van der Waals surface area (Å²) >= 11 is 0. The third-order valence-electron chi connectivity index (χ3n) is 3.27. The molecule has 1 amide bonds. The average Bonchev–Trinajstić information content (AvgIpc) is 2.77. The first-order valence-electron chi connectivity index (χ1n) is 6.43. The molecule has 6 heteroatoms. The maximum Gasteiger partial charge on any atom is 0.323 e. The summed E-state index contributed by atoms with van der Waals surface area (Å²) in [5.74, 6) is -1.10. The minimum absolute atomic E-state index is 0.0601. The molecule has 6 nitrogen and oxygen atoms in total. The molecule has 1 heterocycles. The molecule has 0 fully saturated rings. The molecule has 0 saturated heterocycles. The number of hydrogen-bond acceptors (Lipinski definition) is 3. The fraction of sp³-hybridized carbons (Fsp3) is 0.615. The van der Waals surface area contributed by atoms with Crippen LogP contribution in [0.2, 0.25) is 0 Å². The van der Waals surface area contributed by atoms with Crippen molar-refractivity contribution in [1.29, 1.82) is 0 Å². The van der Waals surface area contributed by atoms with Crippen molar-refractivity contribution in [2.75, 3.05) is 6.54 Å². The summed E-state index contributed by atoms with van der Waals surface area (Å²) in [4.78, 5) is 24.4. The quantitative estimate of drug-likeness (QED) is 0.801. The molecule has 0 bridgehead atoms. The lowest BCUT2D eigenvalue weighted by atomic mass is 10.1. The van der Waals surface area contributed by atoms with Crippen LogP contribution in [-0.2, 0) is 23.1 Å². The Hall–Kier alpha value is -1.85. The minimum atomic E-state index is -0.978. The second-order valence-electron chi connectivity index (χ2n) is 4.62. The maximum absolute atomic E-state index is 12.1. The Morgan fingerprint density at radius 1 is 1.53 bits per heavy atom. The Balaban J connectivity index is 2.61. The monoisotopic (exact) mass is 267 g/mol. The van der Waals surface area contributed by atoms with E-state index in [1.165, 1.54) is 4.90 Å². The molecule has 1 atom stereocenters. The van der Waals surface area contributed by atoms with E-state index in [1.54, 1.807) is 10.9 Å². The number of aromatic nitrogens is 2. The van der Waals surface area contributed by atoms with Crippen molar-refractivity contribution in [2.24, 2.45) is 7.05 Å². The Morgan fingerprint density at radius 2 is 2.21 bits per heavy atom. The zero-order chi connectivity index (χ0) is 14.4. The third kappa shape index (κ3) is 4.39. The van der Waals surface area contributed by atoms with Gasteiger partial charge in [-0.2, -0.15) is 5.10 Å². The van der Waals surface area contributed by atoms with Crippen molar-refractivity contribution < 1.29 is 14.7 Å². The number of carboxylic acids is 1. The number of carboxylic acid groups (broad SMARTS) is 1. The largest absolute Gasteiger partial charge is 0.480 e. The van der Waals surface area contributed by atoms with Crippen LogP contribution in [0.3, 0.4) is 0 Å². The second-order valence-corrected chi connectivity index (χ2v) is 4.62. The van der Waals surface area contributed by atoms with Crippen LogP contribution in [0.15, 0.2) is 12.3 Å². The van der Waals surface area contributed by atoms with E-state index in [1.807, 2.05) is 27.0 Å². The molecule has 0 aliphatic rings. The number of hydrogen-bond donors (Lipinski definition) is 1. The number of carbonyl (C=O) groups is 2. The number of aryl methyl sites for hydroxylation is 2. The normalized spacial score (nSPS) is 12.2. The zero-order valence-electron chi connectivity index (χ0n) is 11.7. The Kier molecular flexibility index (Phi) is 5.54. The van der Waals surface area contributed by atoms with Gasteiger partial charge in [0, 0.05) is 31.4 Å². The van der Waals surface area contributed by atoms with Crippen molar-refractivity contribution in [3.63, 3.8) is 0 Å². The molecule has 1 aromatic rings. The lowest BCUT2D eigenvalue weighted by molar-refractivity contribution is -0.146. The summed E-state index contributed by atoms with van der Waals surface area (Å²) in [6.07, 6.45) is 3.30. The molecular weight excluding hydrogens is 246 g/mol. The van der Waals surface area contributed by atoms with Gasteiger partial charge in [-0.1, -0.05) is 6.92 Å². The van der Waals surface area contributed by atoms with E-state index in [-0.39, 0.29) is 18.5 Å². The fourth-order valence-corrected chi connectivity index (χ4v) is 1.88. The minimum Gasteiger partial charge on any atom is -0.480 e. The van der Waals surface area contributed by atoms with E-state index in [0.717, 1.165) is 12.1 Å². The Bertz CT molecular complexity index is 442. The SMILES string of the molecule is CCC(C)N(CC(=O)O)C(=O)CCc1ccnn1C. The van der Waals surface area contributed by atoms with Gasteiger partial charge in [-0.3, -0.25) is 14.3 Å². The van der Waals surface area contributed by atoms with Gasteiger partial charge < -0.3 is 10.0 Å². The highest BCUT2D eigenvalue weighted by atomic mass is 16.4. The number of nitrogens with zero attached hydrogens (tertiary/aromatic N) is 3. The summed E-state index contributed by atoms with van der Waals surface area (Å²) in [5, 5.41) is 12.9. The average molecular weight is 267 g/mol. The molecular formula is C13H21N3O3. The summed E-state index contributed by atoms with van der Waals surface area (Å²) < 4.78 is 1.72. The topological polar surface area (TPSA) is 75.4 Å².